The molecule has 1 saturated heterocycles. The van der Waals surface area contributed by atoms with Crippen molar-refractivity contribution in [1.82, 2.24) is 29.5 Å². The van der Waals surface area contributed by atoms with Crippen LogP contribution in [0.5, 0.6) is 0 Å². The standard InChI is InChI=1S/C18H29N7O3S/c1-3-19-18(20-7-4-5-16-13-21-23(2)14-16)24-8-10-25(11-9-24)29(26,27)15-17-6-12-28-22-17/h6,12-14H,3-5,7-11,15H2,1-2H3,(H,19,20). The van der Waals surface area contributed by atoms with Crippen molar-refractivity contribution >= 4 is 16.0 Å². The van der Waals surface area contributed by atoms with Crippen LogP contribution in [0.1, 0.15) is 24.6 Å². The van der Waals surface area contributed by atoms with Crippen LogP contribution < -0.4 is 5.32 Å². The van der Waals surface area contributed by atoms with E-state index in [1.165, 1.54) is 16.1 Å². The smallest absolute Gasteiger partial charge is 0.220 e. The molecule has 0 amide bonds. The zero-order valence-corrected chi connectivity index (χ0v) is 17.8. The number of aryl methyl sites for hydroxylation is 2. The number of nitrogens with one attached hydrogen (secondary N) is 1. The maximum absolute atomic E-state index is 12.6. The highest BCUT2D eigenvalue weighted by Crippen LogP contribution is 2.13. The minimum atomic E-state index is -3.40. The van der Waals surface area contributed by atoms with E-state index in [2.05, 4.69) is 20.5 Å². The normalized spacial score (nSPS) is 16.3. The quantitative estimate of drug-likeness (QED) is 0.373. The number of rotatable bonds is 8. The van der Waals surface area contributed by atoms with E-state index in [4.69, 9.17) is 9.52 Å². The minimum absolute atomic E-state index is 0.133. The largest absolute Gasteiger partial charge is 0.364 e. The molecule has 10 nitrogen and oxygen atoms in total. The molecule has 3 rings (SSSR count). The Balaban J connectivity index is 1.50. The predicted molar refractivity (Wildman–Crippen MR) is 110 cm³/mol. The molecule has 1 aliphatic rings. The first-order chi connectivity index (χ1) is 14.0. The Bertz CT molecular complexity index is 884. The van der Waals surface area contributed by atoms with Crippen LogP contribution >= 0.6 is 0 Å². The van der Waals surface area contributed by atoms with Gasteiger partial charge >= 0.3 is 0 Å². The van der Waals surface area contributed by atoms with Crippen molar-refractivity contribution in [2.24, 2.45) is 12.0 Å². The van der Waals surface area contributed by atoms with Gasteiger partial charge in [0.15, 0.2) is 5.96 Å². The van der Waals surface area contributed by atoms with E-state index in [1.807, 2.05) is 26.4 Å². The van der Waals surface area contributed by atoms with Crippen LogP contribution in [-0.4, -0.2) is 77.8 Å². The average molecular weight is 424 g/mol. The van der Waals surface area contributed by atoms with Crippen LogP contribution in [0.15, 0.2) is 34.2 Å². The molecule has 160 valence electrons. The Labute approximate surface area is 171 Å². The van der Waals surface area contributed by atoms with E-state index in [-0.39, 0.29) is 5.75 Å². The first-order valence-electron chi connectivity index (χ1n) is 9.86. The highest BCUT2D eigenvalue weighted by molar-refractivity contribution is 7.88. The van der Waals surface area contributed by atoms with E-state index >= 15 is 0 Å². The molecule has 2 aromatic heterocycles. The molecule has 0 spiro atoms. The van der Waals surface area contributed by atoms with Crippen LogP contribution in [0, 0.1) is 0 Å². The Morgan fingerprint density at radius 3 is 2.72 bits per heavy atom. The number of piperazine rings is 1. The van der Waals surface area contributed by atoms with Gasteiger partial charge < -0.3 is 14.7 Å². The van der Waals surface area contributed by atoms with Gasteiger partial charge in [-0.1, -0.05) is 5.16 Å². The van der Waals surface area contributed by atoms with Gasteiger partial charge in [-0.25, -0.2) is 8.42 Å². The topological polar surface area (TPSA) is 109 Å². The summed E-state index contributed by atoms with van der Waals surface area (Å²) < 4.78 is 33.2. The molecule has 29 heavy (non-hydrogen) atoms. The van der Waals surface area contributed by atoms with Crippen LogP contribution in [0.2, 0.25) is 0 Å². The minimum Gasteiger partial charge on any atom is -0.364 e. The SMILES string of the molecule is CCNC(=NCCCc1cnn(C)c1)N1CCN(S(=O)(=O)Cc2ccon2)CC1. The first kappa shape index (κ1) is 21.3. The Morgan fingerprint density at radius 2 is 2.10 bits per heavy atom. The summed E-state index contributed by atoms with van der Waals surface area (Å²) >= 11 is 0. The molecular weight excluding hydrogens is 394 g/mol. The second kappa shape index (κ2) is 9.88. The van der Waals surface area contributed by atoms with Gasteiger partial charge in [-0.3, -0.25) is 9.67 Å². The van der Waals surface area contributed by atoms with Gasteiger partial charge in [0.25, 0.3) is 0 Å². The molecule has 3 heterocycles. The third kappa shape index (κ3) is 6.04. The van der Waals surface area contributed by atoms with Crippen LogP contribution in [0.3, 0.4) is 0 Å². The Kier molecular flexibility index (Phi) is 7.26. The molecule has 1 aliphatic heterocycles. The van der Waals surface area contributed by atoms with E-state index in [0.29, 0.717) is 38.4 Å². The van der Waals surface area contributed by atoms with E-state index in [9.17, 15) is 8.42 Å². The fourth-order valence-corrected chi connectivity index (χ4v) is 4.69. The highest BCUT2D eigenvalue weighted by atomic mass is 32.2. The third-order valence-electron chi connectivity index (χ3n) is 4.73. The number of nitrogens with zero attached hydrogens (tertiary/aromatic N) is 6. The molecule has 2 aromatic rings. The van der Waals surface area contributed by atoms with Crippen molar-refractivity contribution in [2.75, 3.05) is 39.3 Å². The summed E-state index contributed by atoms with van der Waals surface area (Å²) in [6.45, 7) is 5.58. The fourth-order valence-electron chi connectivity index (χ4n) is 3.26. The lowest BCUT2D eigenvalue weighted by molar-refractivity contribution is 0.260. The van der Waals surface area contributed by atoms with Crippen LogP contribution in [-0.2, 0) is 29.2 Å². The summed E-state index contributed by atoms with van der Waals surface area (Å²) in [4.78, 5) is 6.84. The average Bonchev–Trinajstić information content (AvgIpc) is 3.35. The summed E-state index contributed by atoms with van der Waals surface area (Å²) in [5.74, 6) is 0.707. The van der Waals surface area contributed by atoms with Gasteiger partial charge in [-0.15, -0.1) is 0 Å². The molecule has 0 unspecified atom stereocenters. The van der Waals surface area contributed by atoms with Gasteiger partial charge in [0.2, 0.25) is 10.0 Å². The summed E-state index contributed by atoms with van der Waals surface area (Å²) in [6.07, 6.45) is 7.16. The lowest BCUT2D eigenvalue weighted by Gasteiger charge is -2.35. The fraction of sp³-hybridized carbons (Fsp3) is 0.611. The molecule has 11 heteroatoms. The van der Waals surface area contributed by atoms with Crippen molar-refractivity contribution in [2.45, 2.75) is 25.5 Å². The molecule has 0 aromatic carbocycles. The molecule has 0 saturated carbocycles. The molecular formula is C18H29N7O3S. The molecule has 1 fully saturated rings. The van der Waals surface area contributed by atoms with E-state index < -0.39 is 10.0 Å². The third-order valence-corrected chi connectivity index (χ3v) is 6.54. The van der Waals surface area contributed by atoms with Gasteiger partial charge in [0.05, 0.1) is 11.9 Å². The van der Waals surface area contributed by atoms with Crippen molar-refractivity contribution in [3.63, 3.8) is 0 Å². The summed E-state index contributed by atoms with van der Waals surface area (Å²) in [7, 11) is -1.49. The number of aliphatic imine (C=N–C) groups is 1. The highest BCUT2D eigenvalue weighted by Gasteiger charge is 2.28. The van der Waals surface area contributed by atoms with Gasteiger partial charge in [0, 0.05) is 58.6 Å². The number of hydrogen-bond donors (Lipinski definition) is 1. The zero-order chi connectivity index (χ0) is 20.7. The molecule has 0 aliphatic carbocycles. The van der Waals surface area contributed by atoms with E-state index in [0.717, 1.165) is 25.3 Å². The summed E-state index contributed by atoms with van der Waals surface area (Å²) in [6, 6.07) is 1.58. The van der Waals surface area contributed by atoms with Crippen molar-refractivity contribution in [1.29, 1.82) is 0 Å². The lowest BCUT2D eigenvalue weighted by Crippen LogP contribution is -2.53. The van der Waals surface area contributed by atoms with Crippen LogP contribution in [0.4, 0.5) is 0 Å². The molecule has 1 N–H and O–H groups in total. The molecule has 0 bridgehead atoms. The van der Waals surface area contributed by atoms with Crippen LogP contribution in [0.25, 0.3) is 0 Å². The second-order valence-electron chi connectivity index (χ2n) is 6.99. The number of aromatic nitrogens is 3. The van der Waals surface area contributed by atoms with Gasteiger partial charge in [-0.05, 0) is 25.3 Å². The zero-order valence-electron chi connectivity index (χ0n) is 17.0. The molecule has 0 atom stereocenters. The maximum atomic E-state index is 12.6. The maximum Gasteiger partial charge on any atom is 0.220 e. The van der Waals surface area contributed by atoms with Crippen molar-refractivity contribution in [3.8, 4) is 0 Å². The second-order valence-corrected chi connectivity index (χ2v) is 8.96. The van der Waals surface area contributed by atoms with Crippen molar-refractivity contribution in [3.05, 3.63) is 36.0 Å². The van der Waals surface area contributed by atoms with Gasteiger partial charge in [-0.2, -0.15) is 9.40 Å². The first-order valence-corrected chi connectivity index (χ1v) is 11.5. The summed E-state index contributed by atoms with van der Waals surface area (Å²) in [5.41, 5.74) is 1.63. The number of sulfonamides is 1. The Morgan fingerprint density at radius 1 is 1.31 bits per heavy atom. The van der Waals surface area contributed by atoms with Crippen molar-refractivity contribution < 1.29 is 12.9 Å². The predicted octanol–water partition coefficient (Wildman–Crippen LogP) is 0.454. The number of hydrogen-bond acceptors (Lipinski definition) is 6. The van der Waals surface area contributed by atoms with E-state index in [1.54, 1.807) is 10.7 Å². The lowest BCUT2D eigenvalue weighted by atomic mass is 10.2. The van der Waals surface area contributed by atoms with Gasteiger partial charge in [0.1, 0.15) is 12.0 Å². The molecule has 0 radical (unpaired) electrons. The monoisotopic (exact) mass is 423 g/mol. The number of guanidine groups is 1. The summed E-state index contributed by atoms with van der Waals surface area (Å²) in [5, 5.41) is 11.2. The Hall–Kier alpha value is -2.40.